The average Bonchev–Trinajstić information content (AvgIpc) is 2.25. The summed E-state index contributed by atoms with van der Waals surface area (Å²) in [5, 5.41) is 0.123. The first kappa shape index (κ1) is 10.5. The van der Waals surface area contributed by atoms with Crippen molar-refractivity contribution >= 4 is 17.5 Å². The van der Waals surface area contributed by atoms with Crippen LogP contribution in [0.3, 0.4) is 0 Å². The van der Waals surface area contributed by atoms with E-state index in [9.17, 15) is 4.79 Å². The monoisotopic (exact) mass is 218 g/mol. The number of hydrogen-bond donors (Lipinski definition) is 0. The van der Waals surface area contributed by atoms with Crippen LogP contribution in [0.1, 0.15) is 18.4 Å². The van der Waals surface area contributed by atoms with Gasteiger partial charge in [-0.1, -0.05) is 23.8 Å². The van der Waals surface area contributed by atoms with E-state index >= 15 is 0 Å². The second-order valence-electron chi connectivity index (χ2n) is 3.80. The van der Waals surface area contributed by atoms with Crippen LogP contribution in [0.4, 0.5) is 0 Å². The zero-order valence-corrected chi connectivity index (χ0v) is 9.59. The Morgan fingerprint density at radius 1 is 1.27 bits per heavy atom. The molecule has 0 aromatic heterocycles. The maximum Gasteiger partial charge on any atom is 0.168 e. The first-order chi connectivity index (χ1) is 7.25. The van der Waals surface area contributed by atoms with Crippen LogP contribution < -0.4 is 0 Å². The third-order valence-electron chi connectivity index (χ3n) is 2.49. The minimum atomic E-state index is 0.123. The molecule has 0 amide bonds. The standard InChI is InChI=1S/C13H14OS/c1-10-6-8-11(9-7-10)15-13-5-3-2-4-12(13)14/h2,4,6-9,13H,3,5H2,1H3. The van der Waals surface area contributed by atoms with Gasteiger partial charge in [0.2, 0.25) is 0 Å². The third kappa shape index (κ3) is 2.72. The Balaban J connectivity index is 2.05. The third-order valence-corrected chi connectivity index (χ3v) is 3.79. The van der Waals surface area contributed by atoms with Crippen molar-refractivity contribution in [1.82, 2.24) is 0 Å². The molecule has 0 radical (unpaired) electrons. The predicted octanol–water partition coefficient (Wildman–Crippen LogP) is 3.37. The number of allylic oxidation sites excluding steroid dienone is 2. The smallest absolute Gasteiger partial charge is 0.168 e. The first-order valence-electron chi connectivity index (χ1n) is 5.19. The maximum atomic E-state index is 11.6. The Labute approximate surface area is 94.6 Å². The second-order valence-corrected chi connectivity index (χ2v) is 5.08. The van der Waals surface area contributed by atoms with Crippen molar-refractivity contribution in [2.45, 2.75) is 29.9 Å². The molecule has 0 saturated carbocycles. The molecule has 2 heteroatoms. The van der Waals surface area contributed by atoms with E-state index in [1.807, 2.05) is 6.08 Å². The van der Waals surface area contributed by atoms with Gasteiger partial charge in [-0.25, -0.2) is 0 Å². The predicted molar refractivity (Wildman–Crippen MR) is 64.2 cm³/mol. The zero-order valence-electron chi connectivity index (χ0n) is 8.77. The van der Waals surface area contributed by atoms with Gasteiger partial charge in [0.1, 0.15) is 0 Å². The Morgan fingerprint density at radius 3 is 2.67 bits per heavy atom. The van der Waals surface area contributed by atoms with Crippen LogP contribution in [-0.4, -0.2) is 11.0 Å². The number of hydrogen-bond acceptors (Lipinski definition) is 2. The topological polar surface area (TPSA) is 17.1 Å². The highest BCUT2D eigenvalue weighted by Gasteiger charge is 2.19. The molecule has 1 atom stereocenters. The van der Waals surface area contributed by atoms with Gasteiger partial charge < -0.3 is 0 Å². The molecule has 2 rings (SSSR count). The summed E-state index contributed by atoms with van der Waals surface area (Å²) in [7, 11) is 0. The second kappa shape index (κ2) is 4.67. The van der Waals surface area contributed by atoms with E-state index in [0.717, 1.165) is 12.8 Å². The van der Waals surface area contributed by atoms with Crippen molar-refractivity contribution < 1.29 is 4.79 Å². The molecule has 15 heavy (non-hydrogen) atoms. The number of benzene rings is 1. The van der Waals surface area contributed by atoms with Crippen LogP contribution >= 0.6 is 11.8 Å². The van der Waals surface area contributed by atoms with E-state index in [0.29, 0.717) is 0 Å². The van der Waals surface area contributed by atoms with Crippen molar-refractivity contribution in [3.05, 3.63) is 42.0 Å². The van der Waals surface area contributed by atoms with Gasteiger partial charge in [-0.2, -0.15) is 0 Å². The highest BCUT2D eigenvalue weighted by atomic mass is 32.2. The molecule has 78 valence electrons. The molecule has 1 aliphatic carbocycles. The van der Waals surface area contributed by atoms with E-state index in [2.05, 4.69) is 31.2 Å². The summed E-state index contributed by atoms with van der Waals surface area (Å²) < 4.78 is 0. The number of rotatable bonds is 2. The summed E-state index contributed by atoms with van der Waals surface area (Å²) in [6, 6.07) is 8.36. The zero-order chi connectivity index (χ0) is 10.7. The van der Waals surface area contributed by atoms with Gasteiger partial charge in [0.25, 0.3) is 0 Å². The Bertz CT molecular complexity index is 378. The van der Waals surface area contributed by atoms with E-state index in [-0.39, 0.29) is 11.0 Å². The molecular weight excluding hydrogens is 204 g/mol. The van der Waals surface area contributed by atoms with E-state index in [4.69, 9.17) is 0 Å². The molecule has 1 aromatic rings. The lowest BCUT2D eigenvalue weighted by molar-refractivity contribution is -0.114. The van der Waals surface area contributed by atoms with Crippen LogP contribution in [0.15, 0.2) is 41.3 Å². The van der Waals surface area contributed by atoms with E-state index in [1.54, 1.807) is 17.8 Å². The molecule has 0 bridgehead atoms. The summed E-state index contributed by atoms with van der Waals surface area (Å²) >= 11 is 1.68. The number of carbonyl (C=O) groups is 1. The van der Waals surface area contributed by atoms with Gasteiger partial charge in [-0.15, -0.1) is 11.8 Å². The van der Waals surface area contributed by atoms with E-state index < -0.39 is 0 Å². The number of aryl methyl sites for hydroxylation is 1. The quantitative estimate of drug-likeness (QED) is 0.757. The van der Waals surface area contributed by atoms with Crippen LogP contribution in [0.2, 0.25) is 0 Å². The summed E-state index contributed by atoms with van der Waals surface area (Å²) in [5.74, 6) is 0.256. The maximum absolute atomic E-state index is 11.6. The highest BCUT2D eigenvalue weighted by Crippen LogP contribution is 2.29. The molecule has 1 aliphatic rings. The minimum absolute atomic E-state index is 0.123. The van der Waals surface area contributed by atoms with Crippen molar-refractivity contribution in [3.8, 4) is 0 Å². The molecule has 0 fully saturated rings. The lowest BCUT2D eigenvalue weighted by atomic mass is 10.1. The molecule has 1 aromatic carbocycles. The number of thioether (sulfide) groups is 1. The molecule has 1 unspecified atom stereocenters. The van der Waals surface area contributed by atoms with Crippen LogP contribution in [0.5, 0.6) is 0 Å². The lowest BCUT2D eigenvalue weighted by Gasteiger charge is -2.15. The van der Waals surface area contributed by atoms with Crippen molar-refractivity contribution in [3.63, 3.8) is 0 Å². The summed E-state index contributed by atoms with van der Waals surface area (Å²) in [4.78, 5) is 12.7. The fourth-order valence-electron chi connectivity index (χ4n) is 1.59. The normalized spacial score (nSPS) is 20.6. The van der Waals surface area contributed by atoms with Crippen molar-refractivity contribution in [2.24, 2.45) is 0 Å². The fraction of sp³-hybridized carbons (Fsp3) is 0.308. The van der Waals surface area contributed by atoms with Crippen LogP contribution in [-0.2, 0) is 4.79 Å². The van der Waals surface area contributed by atoms with Crippen molar-refractivity contribution in [2.75, 3.05) is 0 Å². The Kier molecular flexibility index (Phi) is 3.27. The Morgan fingerprint density at radius 2 is 2.00 bits per heavy atom. The number of ketones is 1. The summed E-state index contributed by atoms with van der Waals surface area (Å²) in [5.41, 5.74) is 1.26. The molecular formula is C13H14OS. The SMILES string of the molecule is Cc1ccc(SC2CCC=CC2=O)cc1. The average molecular weight is 218 g/mol. The van der Waals surface area contributed by atoms with Crippen molar-refractivity contribution in [1.29, 1.82) is 0 Å². The molecule has 1 nitrogen and oxygen atoms in total. The van der Waals surface area contributed by atoms with Crippen LogP contribution in [0, 0.1) is 6.92 Å². The van der Waals surface area contributed by atoms with Gasteiger partial charge in [0, 0.05) is 4.90 Å². The minimum Gasteiger partial charge on any atom is -0.294 e. The van der Waals surface area contributed by atoms with Gasteiger partial charge in [0.05, 0.1) is 5.25 Å². The van der Waals surface area contributed by atoms with Crippen LogP contribution in [0.25, 0.3) is 0 Å². The molecule has 0 spiro atoms. The molecule has 0 saturated heterocycles. The Hall–Kier alpha value is -1.02. The van der Waals surface area contributed by atoms with Gasteiger partial charge in [-0.3, -0.25) is 4.79 Å². The highest BCUT2D eigenvalue weighted by molar-refractivity contribution is 8.00. The molecule has 0 N–H and O–H groups in total. The molecule has 0 heterocycles. The summed E-state index contributed by atoms with van der Waals surface area (Å²) in [6.45, 7) is 2.07. The summed E-state index contributed by atoms with van der Waals surface area (Å²) in [6.07, 6.45) is 5.67. The lowest BCUT2D eigenvalue weighted by Crippen LogP contribution is -2.17. The largest absolute Gasteiger partial charge is 0.294 e. The van der Waals surface area contributed by atoms with E-state index in [1.165, 1.54) is 10.5 Å². The van der Waals surface area contributed by atoms with Gasteiger partial charge in [-0.05, 0) is 38.0 Å². The van der Waals surface area contributed by atoms with Gasteiger partial charge >= 0.3 is 0 Å². The number of carbonyl (C=O) groups excluding carboxylic acids is 1. The van der Waals surface area contributed by atoms with Gasteiger partial charge in [0.15, 0.2) is 5.78 Å². The molecule has 0 aliphatic heterocycles. The first-order valence-corrected chi connectivity index (χ1v) is 6.07. The fourth-order valence-corrected chi connectivity index (χ4v) is 2.67.